The highest BCUT2D eigenvalue weighted by molar-refractivity contribution is 7.87. The molecule has 92 valence electrons. The van der Waals surface area contributed by atoms with Crippen LogP contribution in [0, 0.1) is 0 Å². The van der Waals surface area contributed by atoms with Gasteiger partial charge in [0.05, 0.1) is 10.5 Å². The Bertz CT molecular complexity index is 677. The number of fused-ring (bicyclic) bond motifs is 1. The van der Waals surface area contributed by atoms with Crippen LogP contribution in [0.15, 0.2) is 24.4 Å². The van der Waals surface area contributed by atoms with E-state index >= 15 is 0 Å². The predicted octanol–water partition coefficient (Wildman–Crippen LogP) is 2.60. The average Bonchev–Trinajstić information content (AvgIpc) is 2.56. The lowest BCUT2D eigenvalue weighted by atomic mass is 10.2. The van der Waals surface area contributed by atoms with Crippen molar-refractivity contribution in [1.82, 2.24) is 8.28 Å². The Morgan fingerprint density at radius 1 is 1.24 bits per heavy atom. The summed E-state index contributed by atoms with van der Waals surface area (Å²) in [6.45, 7) is 0. The van der Waals surface area contributed by atoms with Crippen LogP contribution in [0.4, 0.5) is 0 Å². The monoisotopic (exact) mass is 292 g/mol. The minimum atomic E-state index is -3.57. The Hall–Kier alpha value is -0.750. The Morgan fingerprint density at radius 2 is 1.88 bits per heavy atom. The summed E-state index contributed by atoms with van der Waals surface area (Å²) in [5.74, 6) is 0. The van der Waals surface area contributed by atoms with Crippen molar-refractivity contribution in [2.24, 2.45) is 0 Å². The molecule has 2 aromatic rings. The molecule has 0 bridgehead atoms. The van der Waals surface area contributed by atoms with Gasteiger partial charge in [-0.2, -0.15) is 12.7 Å². The molecule has 2 rings (SSSR count). The first kappa shape index (κ1) is 12.7. The van der Waals surface area contributed by atoms with Crippen LogP contribution >= 0.6 is 23.2 Å². The Morgan fingerprint density at radius 3 is 2.47 bits per heavy atom. The first-order chi connectivity index (χ1) is 7.84. The van der Waals surface area contributed by atoms with Crippen LogP contribution in [0.3, 0.4) is 0 Å². The molecular weight excluding hydrogens is 283 g/mol. The maximum Gasteiger partial charge on any atom is 0.307 e. The molecular formula is C10H10Cl2N2O2S. The van der Waals surface area contributed by atoms with Gasteiger partial charge in [0.25, 0.3) is 0 Å². The van der Waals surface area contributed by atoms with Crippen molar-refractivity contribution in [2.75, 3.05) is 14.1 Å². The van der Waals surface area contributed by atoms with Crippen molar-refractivity contribution in [3.8, 4) is 0 Å². The molecule has 17 heavy (non-hydrogen) atoms. The molecule has 0 aliphatic heterocycles. The minimum absolute atomic E-state index is 0.355. The second kappa shape index (κ2) is 4.17. The fraction of sp³-hybridized carbons (Fsp3) is 0.200. The molecule has 1 aromatic heterocycles. The zero-order valence-corrected chi connectivity index (χ0v) is 11.5. The van der Waals surface area contributed by atoms with E-state index in [4.69, 9.17) is 23.2 Å². The van der Waals surface area contributed by atoms with E-state index in [0.29, 0.717) is 20.9 Å². The van der Waals surface area contributed by atoms with Crippen LogP contribution in [0.2, 0.25) is 10.0 Å². The SMILES string of the molecule is CN(C)S(=O)(=O)n1cc(Cl)c2cc(Cl)ccc21. The van der Waals surface area contributed by atoms with Crippen LogP contribution in [-0.2, 0) is 10.2 Å². The summed E-state index contributed by atoms with van der Waals surface area (Å²) in [7, 11) is -0.646. The fourth-order valence-electron chi connectivity index (χ4n) is 1.50. The molecule has 0 aliphatic carbocycles. The van der Waals surface area contributed by atoms with Crippen molar-refractivity contribution in [2.45, 2.75) is 0 Å². The van der Waals surface area contributed by atoms with E-state index < -0.39 is 10.2 Å². The van der Waals surface area contributed by atoms with Gasteiger partial charge < -0.3 is 0 Å². The highest BCUT2D eigenvalue weighted by Gasteiger charge is 2.20. The molecule has 0 radical (unpaired) electrons. The number of hydrogen-bond donors (Lipinski definition) is 0. The topological polar surface area (TPSA) is 42.3 Å². The maximum absolute atomic E-state index is 12.0. The van der Waals surface area contributed by atoms with Gasteiger partial charge in [-0.05, 0) is 18.2 Å². The van der Waals surface area contributed by atoms with E-state index in [2.05, 4.69) is 0 Å². The van der Waals surface area contributed by atoms with Gasteiger partial charge in [0, 0.05) is 30.7 Å². The van der Waals surface area contributed by atoms with E-state index in [0.717, 1.165) is 8.28 Å². The highest BCUT2D eigenvalue weighted by atomic mass is 35.5. The number of hydrogen-bond acceptors (Lipinski definition) is 2. The molecule has 1 heterocycles. The first-order valence-corrected chi connectivity index (χ1v) is 6.88. The zero-order chi connectivity index (χ0) is 12.8. The zero-order valence-electron chi connectivity index (χ0n) is 9.18. The lowest BCUT2D eigenvalue weighted by Gasteiger charge is -2.12. The average molecular weight is 293 g/mol. The van der Waals surface area contributed by atoms with Gasteiger partial charge in [-0.1, -0.05) is 23.2 Å². The molecule has 7 heteroatoms. The number of halogens is 2. The van der Waals surface area contributed by atoms with Crippen molar-refractivity contribution in [3.05, 3.63) is 34.4 Å². The van der Waals surface area contributed by atoms with Crippen molar-refractivity contribution >= 4 is 44.3 Å². The second-order valence-electron chi connectivity index (χ2n) is 3.72. The normalized spacial score (nSPS) is 12.5. The fourth-order valence-corrected chi connectivity index (χ4v) is 2.98. The Labute approximate surface area is 110 Å². The summed E-state index contributed by atoms with van der Waals surface area (Å²) in [6.07, 6.45) is 1.37. The first-order valence-electron chi connectivity index (χ1n) is 4.73. The third kappa shape index (κ3) is 2.04. The largest absolute Gasteiger partial charge is 0.307 e. The Kier molecular flexibility index (Phi) is 3.12. The standard InChI is InChI=1S/C10H10Cl2N2O2S/c1-13(2)17(15,16)14-6-9(12)8-5-7(11)3-4-10(8)14/h3-6H,1-2H3. The number of rotatable bonds is 2. The second-order valence-corrected chi connectivity index (χ2v) is 6.59. The lowest BCUT2D eigenvalue weighted by molar-refractivity contribution is 0.512. The van der Waals surface area contributed by atoms with Crippen LogP contribution in [0.1, 0.15) is 0 Å². The molecule has 0 spiro atoms. The van der Waals surface area contributed by atoms with E-state index in [-0.39, 0.29) is 0 Å². The summed E-state index contributed by atoms with van der Waals surface area (Å²) < 4.78 is 26.3. The van der Waals surface area contributed by atoms with Gasteiger partial charge in [0.15, 0.2) is 0 Å². The van der Waals surface area contributed by atoms with E-state index in [1.165, 1.54) is 20.3 Å². The third-order valence-electron chi connectivity index (χ3n) is 2.39. The number of benzene rings is 1. The molecule has 0 aliphatic rings. The molecule has 0 saturated carbocycles. The van der Waals surface area contributed by atoms with Crippen LogP contribution in [0.25, 0.3) is 10.9 Å². The van der Waals surface area contributed by atoms with Gasteiger partial charge in [-0.25, -0.2) is 3.97 Å². The van der Waals surface area contributed by atoms with Crippen molar-refractivity contribution in [3.63, 3.8) is 0 Å². The molecule has 0 atom stereocenters. The van der Waals surface area contributed by atoms with Gasteiger partial charge in [0.1, 0.15) is 0 Å². The van der Waals surface area contributed by atoms with Crippen LogP contribution < -0.4 is 0 Å². The highest BCUT2D eigenvalue weighted by Crippen LogP contribution is 2.29. The number of aromatic nitrogens is 1. The third-order valence-corrected chi connectivity index (χ3v) is 4.65. The van der Waals surface area contributed by atoms with Crippen molar-refractivity contribution in [1.29, 1.82) is 0 Å². The summed E-state index contributed by atoms with van der Waals surface area (Å²) in [5.41, 5.74) is 0.508. The van der Waals surface area contributed by atoms with E-state index in [1.807, 2.05) is 0 Å². The molecule has 4 nitrogen and oxygen atoms in total. The predicted molar refractivity (Wildman–Crippen MR) is 70.0 cm³/mol. The summed E-state index contributed by atoms with van der Waals surface area (Å²) in [6, 6.07) is 4.90. The van der Waals surface area contributed by atoms with E-state index in [1.54, 1.807) is 18.2 Å². The molecule has 0 N–H and O–H groups in total. The van der Waals surface area contributed by atoms with Crippen LogP contribution in [0.5, 0.6) is 0 Å². The van der Waals surface area contributed by atoms with Gasteiger partial charge in [-0.15, -0.1) is 0 Å². The minimum Gasteiger partial charge on any atom is -0.231 e. The quantitative estimate of drug-likeness (QED) is 0.854. The number of nitrogens with zero attached hydrogens (tertiary/aromatic N) is 2. The maximum atomic E-state index is 12.0. The van der Waals surface area contributed by atoms with Crippen molar-refractivity contribution < 1.29 is 8.42 Å². The molecule has 0 unspecified atom stereocenters. The van der Waals surface area contributed by atoms with Crippen LogP contribution in [-0.4, -0.2) is 30.8 Å². The van der Waals surface area contributed by atoms with Gasteiger partial charge in [0.2, 0.25) is 0 Å². The van der Waals surface area contributed by atoms with Gasteiger partial charge in [-0.3, -0.25) is 0 Å². The molecule has 0 fully saturated rings. The molecule has 0 saturated heterocycles. The van der Waals surface area contributed by atoms with E-state index in [9.17, 15) is 8.42 Å². The summed E-state index contributed by atoms with van der Waals surface area (Å²) >= 11 is 11.8. The Balaban J connectivity index is 2.82. The molecule has 0 amide bonds. The molecule has 1 aromatic carbocycles. The summed E-state index contributed by atoms with van der Waals surface area (Å²) in [5, 5.41) is 1.48. The summed E-state index contributed by atoms with van der Waals surface area (Å²) in [4.78, 5) is 0. The van der Waals surface area contributed by atoms with Gasteiger partial charge >= 0.3 is 10.2 Å². The lowest BCUT2D eigenvalue weighted by Crippen LogP contribution is -2.28. The smallest absolute Gasteiger partial charge is 0.231 e.